The SMILES string of the molecule is CCCC[C@@H](C(=O)OCCC)[C@@H](N)C(F)(F)F. The molecule has 17 heavy (non-hydrogen) atoms. The van der Waals surface area contributed by atoms with Crippen molar-refractivity contribution >= 4 is 5.97 Å². The molecule has 0 aromatic rings. The van der Waals surface area contributed by atoms with E-state index in [1.54, 1.807) is 6.92 Å². The molecule has 0 aliphatic carbocycles. The standard InChI is InChI=1S/C11H20F3NO2/c1-3-5-6-8(9(15)11(12,13)14)10(16)17-7-4-2/h8-9H,3-7,15H2,1-2H3/t8-,9-/m1/s1. The Hall–Kier alpha value is -0.780. The normalized spacial score (nSPS) is 15.4. The summed E-state index contributed by atoms with van der Waals surface area (Å²) in [5.41, 5.74) is 5.08. The largest absolute Gasteiger partial charge is 0.465 e. The number of alkyl halides is 3. The Morgan fingerprint density at radius 1 is 1.29 bits per heavy atom. The molecule has 0 aromatic heterocycles. The fraction of sp³-hybridized carbons (Fsp3) is 0.909. The van der Waals surface area contributed by atoms with Crippen molar-refractivity contribution in [1.29, 1.82) is 0 Å². The van der Waals surface area contributed by atoms with Gasteiger partial charge in [0.15, 0.2) is 0 Å². The zero-order valence-electron chi connectivity index (χ0n) is 10.2. The summed E-state index contributed by atoms with van der Waals surface area (Å²) in [5.74, 6) is -2.13. The van der Waals surface area contributed by atoms with Crippen LogP contribution in [0.3, 0.4) is 0 Å². The average molecular weight is 255 g/mol. The van der Waals surface area contributed by atoms with Crippen LogP contribution in [0.5, 0.6) is 0 Å². The highest BCUT2D eigenvalue weighted by Gasteiger charge is 2.45. The van der Waals surface area contributed by atoms with Gasteiger partial charge in [0, 0.05) is 0 Å². The van der Waals surface area contributed by atoms with Gasteiger partial charge < -0.3 is 10.5 Å². The number of halogens is 3. The number of ether oxygens (including phenoxy) is 1. The van der Waals surface area contributed by atoms with E-state index in [2.05, 4.69) is 0 Å². The second kappa shape index (κ2) is 7.53. The molecule has 0 bridgehead atoms. The van der Waals surface area contributed by atoms with Gasteiger partial charge in [0.1, 0.15) is 6.04 Å². The molecule has 0 aliphatic rings. The molecule has 6 heteroatoms. The van der Waals surface area contributed by atoms with Crippen LogP contribution in [0.15, 0.2) is 0 Å². The predicted molar refractivity (Wildman–Crippen MR) is 58.3 cm³/mol. The summed E-state index contributed by atoms with van der Waals surface area (Å²) in [6, 6.07) is -2.14. The molecule has 0 fully saturated rings. The van der Waals surface area contributed by atoms with Crippen LogP contribution in [-0.2, 0) is 9.53 Å². The van der Waals surface area contributed by atoms with E-state index in [0.717, 1.165) is 0 Å². The molecule has 0 rings (SSSR count). The summed E-state index contributed by atoms with van der Waals surface area (Å²) in [4.78, 5) is 11.5. The van der Waals surface area contributed by atoms with E-state index < -0.39 is 24.1 Å². The number of rotatable bonds is 7. The zero-order valence-corrected chi connectivity index (χ0v) is 10.2. The monoisotopic (exact) mass is 255 g/mol. The highest BCUT2D eigenvalue weighted by molar-refractivity contribution is 5.73. The van der Waals surface area contributed by atoms with Crippen molar-refractivity contribution in [2.75, 3.05) is 6.61 Å². The summed E-state index contributed by atoms with van der Waals surface area (Å²) >= 11 is 0. The van der Waals surface area contributed by atoms with Crippen LogP contribution < -0.4 is 5.73 Å². The van der Waals surface area contributed by atoms with Gasteiger partial charge in [-0.15, -0.1) is 0 Å². The van der Waals surface area contributed by atoms with E-state index in [-0.39, 0.29) is 13.0 Å². The third-order valence-corrected chi connectivity index (χ3v) is 2.43. The molecule has 3 nitrogen and oxygen atoms in total. The Morgan fingerprint density at radius 2 is 1.88 bits per heavy atom. The third-order valence-electron chi connectivity index (χ3n) is 2.43. The topological polar surface area (TPSA) is 52.3 Å². The minimum absolute atomic E-state index is 0.111. The maximum atomic E-state index is 12.5. The summed E-state index contributed by atoms with van der Waals surface area (Å²) in [6.07, 6.45) is -2.64. The summed E-state index contributed by atoms with van der Waals surface area (Å²) in [5, 5.41) is 0. The van der Waals surface area contributed by atoms with Crippen LogP contribution in [0.4, 0.5) is 13.2 Å². The number of hydrogen-bond acceptors (Lipinski definition) is 3. The van der Waals surface area contributed by atoms with Gasteiger partial charge in [0.2, 0.25) is 0 Å². The first-order valence-electron chi connectivity index (χ1n) is 5.83. The third kappa shape index (κ3) is 5.91. The molecule has 0 saturated heterocycles. The van der Waals surface area contributed by atoms with Crippen molar-refractivity contribution < 1.29 is 22.7 Å². The van der Waals surface area contributed by atoms with Crippen LogP contribution in [0, 0.1) is 5.92 Å². The molecule has 2 atom stereocenters. The van der Waals surface area contributed by atoms with E-state index in [0.29, 0.717) is 19.3 Å². The van der Waals surface area contributed by atoms with Gasteiger partial charge in [-0.25, -0.2) is 0 Å². The fourth-order valence-corrected chi connectivity index (χ4v) is 1.41. The van der Waals surface area contributed by atoms with Crippen molar-refractivity contribution in [3.63, 3.8) is 0 Å². The molecule has 0 radical (unpaired) electrons. The van der Waals surface area contributed by atoms with Crippen molar-refractivity contribution in [3.8, 4) is 0 Å². The van der Waals surface area contributed by atoms with Gasteiger partial charge in [-0.1, -0.05) is 26.7 Å². The van der Waals surface area contributed by atoms with Gasteiger partial charge in [-0.2, -0.15) is 13.2 Å². The molecule has 0 aliphatic heterocycles. The van der Waals surface area contributed by atoms with Gasteiger partial charge in [0.25, 0.3) is 0 Å². The maximum Gasteiger partial charge on any atom is 0.404 e. The lowest BCUT2D eigenvalue weighted by Crippen LogP contribution is -2.47. The second-order valence-electron chi connectivity index (χ2n) is 3.98. The number of carbonyl (C=O) groups excluding carboxylic acids is 1. The lowest BCUT2D eigenvalue weighted by atomic mass is 9.94. The van der Waals surface area contributed by atoms with Gasteiger partial charge in [-0.3, -0.25) is 4.79 Å². The highest BCUT2D eigenvalue weighted by Crippen LogP contribution is 2.27. The van der Waals surface area contributed by atoms with Gasteiger partial charge in [-0.05, 0) is 12.8 Å². The first kappa shape index (κ1) is 16.2. The lowest BCUT2D eigenvalue weighted by molar-refractivity contribution is -0.176. The number of carbonyl (C=O) groups is 1. The maximum absolute atomic E-state index is 12.5. The molecule has 102 valence electrons. The number of nitrogens with two attached hydrogens (primary N) is 1. The quantitative estimate of drug-likeness (QED) is 0.711. The van der Waals surface area contributed by atoms with E-state index in [9.17, 15) is 18.0 Å². The minimum atomic E-state index is -4.57. The minimum Gasteiger partial charge on any atom is -0.465 e. The van der Waals surface area contributed by atoms with E-state index in [1.165, 1.54) is 0 Å². The summed E-state index contributed by atoms with van der Waals surface area (Å²) < 4.78 is 42.2. The van der Waals surface area contributed by atoms with E-state index >= 15 is 0 Å². The molecule has 0 saturated carbocycles. The smallest absolute Gasteiger partial charge is 0.404 e. The first-order valence-corrected chi connectivity index (χ1v) is 5.83. The zero-order chi connectivity index (χ0) is 13.5. The van der Waals surface area contributed by atoms with Crippen LogP contribution in [0.25, 0.3) is 0 Å². The van der Waals surface area contributed by atoms with E-state index in [4.69, 9.17) is 10.5 Å². The molecule has 0 unspecified atom stereocenters. The van der Waals surface area contributed by atoms with Crippen LogP contribution in [-0.4, -0.2) is 24.8 Å². The fourth-order valence-electron chi connectivity index (χ4n) is 1.41. The Labute approximate surface area is 99.5 Å². The summed E-state index contributed by atoms with van der Waals surface area (Å²) in [6.45, 7) is 3.75. The Bertz CT molecular complexity index is 231. The van der Waals surface area contributed by atoms with E-state index in [1.807, 2.05) is 6.92 Å². The second-order valence-corrected chi connectivity index (χ2v) is 3.98. The molecular weight excluding hydrogens is 235 g/mol. The summed E-state index contributed by atoms with van der Waals surface area (Å²) in [7, 11) is 0. The molecule has 0 amide bonds. The number of unbranched alkanes of at least 4 members (excludes halogenated alkanes) is 1. The Balaban J connectivity index is 4.56. The Kier molecular flexibility index (Phi) is 7.18. The molecule has 2 N–H and O–H groups in total. The van der Waals surface area contributed by atoms with Crippen LogP contribution in [0.1, 0.15) is 39.5 Å². The Morgan fingerprint density at radius 3 is 2.29 bits per heavy atom. The highest BCUT2D eigenvalue weighted by atomic mass is 19.4. The number of hydrogen-bond donors (Lipinski definition) is 1. The van der Waals surface area contributed by atoms with Crippen LogP contribution >= 0.6 is 0 Å². The molecule has 0 aromatic carbocycles. The van der Waals surface area contributed by atoms with Crippen LogP contribution in [0.2, 0.25) is 0 Å². The number of esters is 1. The van der Waals surface area contributed by atoms with Crippen molar-refractivity contribution in [2.24, 2.45) is 11.7 Å². The van der Waals surface area contributed by atoms with Gasteiger partial charge in [0.05, 0.1) is 12.5 Å². The lowest BCUT2D eigenvalue weighted by Gasteiger charge is -2.24. The van der Waals surface area contributed by atoms with Crippen molar-refractivity contribution in [1.82, 2.24) is 0 Å². The van der Waals surface area contributed by atoms with Crippen molar-refractivity contribution in [2.45, 2.75) is 51.7 Å². The average Bonchev–Trinajstić information content (AvgIpc) is 2.25. The van der Waals surface area contributed by atoms with Gasteiger partial charge >= 0.3 is 12.1 Å². The molecule has 0 heterocycles. The first-order chi connectivity index (χ1) is 7.84. The molecular formula is C11H20F3NO2. The van der Waals surface area contributed by atoms with Crippen molar-refractivity contribution in [3.05, 3.63) is 0 Å². The molecule has 0 spiro atoms. The predicted octanol–water partition coefficient (Wildman–Crippen LogP) is 2.64.